The van der Waals surface area contributed by atoms with Crippen LogP contribution in [0.1, 0.15) is 10.4 Å². The molecule has 15 heavy (non-hydrogen) atoms. The van der Waals surface area contributed by atoms with Gasteiger partial charge in [-0.1, -0.05) is 6.08 Å². The Balaban J connectivity index is 2.62. The number of hydrogen-bond acceptors (Lipinski definition) is 2. The molecule has 0 fully saturated rings. The summed E-state index contributed by atoms with van der Waals surface area (Å²) in [5.41, 5.74) is 1.05. The van der Waals surface area contributed by atoms with Gasteiger partial charge in [-0.15, -0.1) is 6.58 Å². The maximum Gasteiger partial charge on any atom is 0.251 e. The van der Waals surface area contributed by atoms with Gasteiger partial charge in [-0.25, -0.2) is 0 Å². The van der Waals surface area contributed by atoms with Crippen LogP contribution in [0.5, 0.6) is 5.75 Å². The van der Waals surface area contributed by atoms with Crippen molar-refractivity contribution in [1.29, 1.82) is 0 Å². The summed E-state index contributed by atoms with van der Waals surface area (Å²) < 4.78 is 5.19. The molecule has 0 aliphatic heterocycles. The van der Waals surface area contributed by atoms with Gasteiger partial charge in [-0.05, 0) is 40.2 Å². The minimum Gasteiger partial charge on any atom is -0.482 e. The molecule has 1 aromatic carbocycles. The molecule has 0 aliphatic carbocycles. The normalized spacial score (nSPS) is 9.40. The molecule has 0 saturated heterocycles. The molecule has 1 rings (SSSR count). The number of ether oxygens (including phenoxy) is 1. The van der Waals surface area contributed by atoms with Crippen molar-refractivity contribution in [2.24, 2.45) is 0 Å². The molecule has 1 amide bonds. The maximum absolute atomic E-state index is 11.5. The van der Waals surface area contributed by atoms with Gasteiger partial charge < -0.3 is 10.1 Å². The van der Waals surface area contributed by atoms with Crippen LogP contribution in [0.15, 0.2) is 36.9 Å². The highest BCUT2D eigenvalue weighted by Gasteiger charge is 2.03. The molecule has 0 heterocycles. The van der Waals surface area contributed by atoms with Crippen LogP contribution >= 0.6 is 15.9 Å². The van der Waals surface area contributed by atoms with Gasteiger partial charge in [0.25, 0.3) is 5.91 Å². The summed E-state index contributed by atoms with van der Waals surface area (Å²) in [4.78, 5) is 11.5. The Kier molecular flexibility index (Phi) is 4.90. The third kappa shape index (κ3) is 3.75. The zero-order valence-electron chi connectivity index (χ0n) is 8.20. The van der Waals surface area contributed by atoms with E-state index in [2.05, 4.69) is 27.8 Å². The molecule has 0 aromatic heterocycles. The lowest BCUT2D eigenvalue weighted by Crippen LogP contribution is -2.22. The summed E-state index contributed by atoms with van der Waals surface area (Å²) in [6, 6.07) is 6.95. The average Bonchev–Trinajstić information content (AvgIpc) is 2.27. The van der Waals surface area contributed by atoms with Gasteiger partial charge >= 0.3 is 0 Å². The second kappa shape index (κ2) is 6.24. The van der Waals surface area contributed by atoms with E-state index in [-0.39, 0.29) is 5.91 Å². The van der Waals surface area contributed by atoms with Gasteiger partial charge in [-0.2, -0.15) is 0 Å². The smallest absolute Gasteiger partial charge is 0.251 e. The molecular weight excluding hydrogens is 258 g/mol. The third-order valence-electron chi connectivity index (χ3n) is 1.74. The molecular formula is C11H12BrNO2. The summed E-state index contributed by atoms with van der Waals surface area (Å²) in [5, 5.41) is 2.69. The lowest BCUT2D eigenvalue weighted by molar-refractivity contribution is 0.0958. The van der Waals surface area contributed by atoms with Crippen molar-refractivity contribution in [3.05, 3.63) is 42.5 Å². The molecule has 0 aliphatic rings. The number of benzene rings is 1. The minimum atomic E-state index is -0.111. The van der Waals surface area contributed by atoms with Crippen molar-refractivity contribution in [2.75, 3.05) is 12.1 Å². The summed E-state index contributed by atoms with van der Waals surface area (Å²) in [5.74, 6) is 0.618. The number of nitrogens with one attached hydrogen (secondary N) is 1. The summed E-state index contributed by atoms with van der Waals surface area (Å²) in [6.07, 6.45) is 1.64. The Labute approximate surface area is 97.3 Å². The van der Waals surface area contributed by atoms with Gasteiger partial charge in [0.2, 0.25) is 0 Å². The van der Waals surface area contributed by atoms with Crippen molar-refractivity contribution in [3.8, 4) is 5.75 Å². The Morgan fingerprint density at radius 1 is 1.47 bits per heavy atom. The predicted octanol–water partition coefficient (Wildman–Crippen LogP) is 2.33. The molecule has 1 aromatic rings. The lowest BCUT2D eigenvalue weighted by atomic mass is 10.2. The van der Waals surface area contributed by atoms with E-state index in [1.807, 2.05) is 0 Å². The average molecular weight is 270 g/mol. The third-order valence-corrected chi connectivity index (χ3v) is 1.97. The molecule has 4 heteroatoms. The van der Waals surface area contributed by atoms with Gasteiger partial charge in [0.15, 0.2) is 0 Å². The molecule has 3 nitrogen and oxygen atoms in total. The number of carbonyl (C=O) groups is 1. The van der Waals surface area contributed by atoms with Crippen LogP contribution in [0.2, 0.25) is 0 Å². The first-order valence-electron chi connectivity index (χ1n) is 4.46. The maximum atomic E-state index is 11.5. The molecule has 0 radical (unpaired) electrons. The molecule has 1 N–H and O–H groups in total. The second-order valence-electron chi connectivity index (χ2n) is 2.78. The number of amides is 1. The zero-order chi connectivity index (χ0) is 11.1. The van der Waals surface area contributed by atoms with E-state index in [9.17, 15) is 4.79 Å². The minimum absolute atomic E-state index is 0.111. The van der Waals surface area contributed by atoms with Crippen molar-refractivity contribution < 1.29 is 9.53 Å². The predicted molar refractivity (Wildman–Crippen MR) is 63.4 cm³/mol. The van der Waals surface area contributed by atoms with E-state index in [1.165, 1.54) is 0 Å². The van der Waals surface area contributed by atoms with Crippen molar-refractivity contribution in [2.45, 2.75) is 0 Å². The van der Waals surface area contributed by atoms with E-state index in [1.54, 1.807) is 30.3 Å². The van der Waals surface area contributed by atoms with E-state index in [4.69, 9.17) is 4.74 Å². The summed E-state index contributed by atoms with van der Waals surface area (Å²) in [7, 11) is 0. The number of halogens is 1. The molecule has 0 saturated carbocycles. The molecule has 0 bridgehead atoms. The topological polar surface area (TPSA) is 38.3 Å². The van der Waals surface area contributed by atoms with Gasteiger partial charge in [0, 0.05) is 12.1 Å². The Hall–Kier alpha value is -1.29. The van der Waals surface area contributed by atoms with E-state index in [0.29, 0.717) is 17.6 Å². The van der Waals surface area contributed by atoms with E-state index in [0.717, 1.165) is 5.75 Å². The highest BCUT2D eigenvalue weighted by molar-refractivity contribution is 9.09. The SMILES string of the molecule is C=CCNC(=O)c1ccc(OCBr)cc1. The van der Waals surface area contributed by atoms with Crippen molar-refractivity contribution in [3.63, 3.8) is 0 Å². The first-order valence-corrected chi connectivity index (χ1v) is 5.58. The zero-order valence-corrected chi connectivity index (χ0v) is 9.79. The van der Waals surface area contributed by atoms with Crippen LogP contribution < -0.4 is 10.1 Å². The fraction of sp³-hybridized carbons (Fsp3) is 0.182. The Bertz CT molecular complexity index is 335. The highest BCUT2D eigenvalue weighted by Crippen LogP contribution is 2.12. The van der Waals surface area contributed by atoms with E-state index >= 15 is 0 Å². The Morgan fingerprint density at radius 2 is 2.13 bits per heavy atom. The van der Waals surface area contributed by atoms with Gasteiger partial charge in [0.05, 0.1) is 0 Å². The van der Waals surface area contributed by atoms with Crippen molar-refractivity contribution >= 4 is 21.8 Å². The van der Waals surface area contributed by atoms with Crippen LogP contribution in [0.4, 0.5) is 0 Å². The second-order valence-corrected chi connectivity index (χ2v) is 3.23. The van der Waals surface area contributed by atoms with E-state index < -0.39 is 0 Å². The van der Waals surface area contributed by atoms with Crippen LogP contribution in [-0.4, -0.2) is 18.0 Å². The number of carbonyl (C=O) groups excluding carboxylic acids is 1. The van der Waals surface area contributed by atoms with Crippen LogP contribution in [0, 0.1) is 0 Å². The molecule has 0 unspecified atom stereocenters. The van der Waals surface area contributed by atoms with Gasteiger partial charge in [0.1, 0.15) is 11.3 Å². The van der Waals surface area contributed by atoms with Crippen LogP contribution in [-0.2, 0) is 0 Å². The highest BCUT2D eigenvalue weighted by atomic mass is 79.9. The van der Waals surface area contributed by atoms with Crippen molar-refractivity contribution in [1.82, 2.24) is 5.32 Å². The first kappa shape index (κ1) is 11.8. The molecule has 0 atom stereocenters. The molecule has 80 valence electrons. The fourth-order valence-corrected chi connectivity index (χ4v) is 1.30. The fourth-order valence-electron chi connectivity index (χ4n) is 1.03. The van der Waals surface area contributed by atoms with Crippen LogP contribution in [0.25, 0.3) is 0 Å². The number of alkyl halides is 1. The first-order chi connectivity index (χ1) is 7.27. The standard InChI is InChI=1S/C11H12BrNO2/c1-2-7-13-11(14)9-3-5-10(6-4-9)15-8-12/h2-6H,1,7-8H2,(H,13,14). The number of hydrogen-bond donors (Lipinski definition) is 1. The monoisotopic (exact) mass is 269 g/mol. The lowest BCUT2D eigenvalue weighted by Gasteiger charge is -2.04. The molecule has 0 spiro atoms. The summed E-state index contributed by atoms with van der Waals surface area (Å²) in [6.45, 7) is 4.00. The Morgan fingerprint density at radius 3 is 2.67 bits per heavy atom. The van der Waals surface area contributed by atoms with Crippen LogP contribution in [0.3, 0.4) is 0 Å². The number of rotatable bonds is 5. The van der Waals surface area contributed by atoms with Gasteiger partial charge in [-0.3, -0.25) is 4.79 Å². The quantitative estimate of drug-likeness (QED) is 0.658. The largest absolute Gasteiger partial charge is 0.482 e. The summed E-state index contributed by atoms with van der Waals surface area (Å²) >= 11 is 3.16.